The average molecular weight is 314 g/mol. The first-order valence-electron chi connectivity index (χ1n) is 7.29. The fourth-order valence-corrected chi connectivity index (χ4v) is 3.33. The van der Waals surface area contributed by atoms with Crippen molar-refractivity contribution in [3.63, 3.8) is 0 Å². The highest BCUT2D eigenvalue weighted by Crippen LogP contribution is 2.31. The molecule has 1 aliphatic rings. The molecule has 1 aromatic heterocycles. The molecular weight excluding hydrogens is 296 g/mol. The Morgan fingerprint density at radius 1 is 1.32 bits per heavy atom. The molecule has 4 nitrogen and oxygen atoms in total. The summed E-state index contributed by atoms with van der Waals surface area (Å²) in [4.78, 5) is 26.4. The van der Waals surface area contributed by atoms with Gasteiger partial charge in [-0.05, 0) is 31.4 Å². The maximum Gasteiger partial charge on any atom is 0.264 e. The van der Waals surface area contributed by atoms with E-state index >= 15 is 0 Å². The Bertz CT molecular complexity index is 719. The van der Waals surface area contributed by atoms with Crippen LogP contribution in [-0.2, 0) is 6.54 Å². The molecule has 1 aromatic carbocycles. The Morgan fingerprint density at radius 3 is 2.68 bits per heavy atom. The minimum Gasteiger partial charge on any atom is -0.366 e. The van der Waals surface area contributed by atoms with Crippen LogP contribution < -0.4 is 5.73 Å². The molecule has 2 aromatic rings. The molecule has 3 rings (SSSR count). The largest absolute Gasteiger partial charge is 0.366 e. The molecule has 5 heteroatoms. The summed E-state index contributed by atoms with van der Waals surface area (Å²) in [5.74, 6) is -0.506. The quantitative estimate of drug-likeness (QED) is 0.922. The first-order chi connectivity index (χ1) is 10.5. The molecule has 0 saturated heterocycles. The minimum atomic E-state index is -0.494. The first-order valence-corrected chi connectivity index (χ1v) is 8.17. The predicted octanol–water partition coefficient (Wildman–Crippen LogP) is 2.96. The van der Waals surface area contributed by atoms with Crippen LogP contribution in [-0.4, -0.2) is 22.8 Å². The second-order valence-corrected chi connectivity index (χ2v) is 6.63. The topological polar surface area (TPSA) is 63.4 Å². The molecule has 22 heavy (non-hydrogen) atoms. The Morgan fingerprint density at radius 2 is 2.09 bits per heavy atom. The van der Waals surface area contributed by atoms with E-state index in [1.807, 2.05) is 30.0 Å². The van der Waals surface area contributed by atoms with Crippen molar-refractivity contribution >= 4 is 23.2 Å². The molecule has 1 fully saturated rings. The zero-order valence-electron chi connectivity index (χ0n) is 12.4. The zero-order valence-corrected chi connectivity index (χ0v) is 13.2. The summed E-state index contributed by atoms with van der Waals surface area (Å²) in [6.45, 7) is 2.65. The van der Waals surface area contributed by atoms with E-state index < -0.39 is 5.91 Å². The van der Waals surface area contributed by atoms with Crippen LogP contribution in [0, 0.1) is 6.92 Å². The van der Waals surface area contributed by atoms with Crippen LogP contribution >= 0.6 is 11.3 Å². The molecule has 2 amide bonds. The van der Waals surface area contributed by atoms with Gasteiger partial charge in [-0.25, -0.2) is 0 Å². The standard InChI is InChI=1S/C17H18N2O2S/c1-11-3-2-4-12(7-11)9-19(14-5-6-14)17(21)15-8-13(10-22-15)16(18)20/h2-4,7-8,10,14H,5-6,9H2,1H3,(H2,18,20). The minimum absolute atomic E-state index is 0.0125. The molecule has 1 aliphatic carbocycles. The Balaban J connectivity index is 1.81. The van der Waals surface area contributed by atoms with Gasteiger partial charge in [0.05, 0.1) is 10.4 Å². The van der Waals surface area contributed by atoms with Crippen LogP contribution in [0.15, 0.2) is 35.7 Å². The van der Waals surface area contributed by atoms with Crippen molar-refractivity contribution in [2.24, 2.45) is 5.73 Å². The van der Waals surface area contributed by atoms with Crippen LogP contribution in [0.5, 0.6) is 0 Å². The van der Waals surface area contributed by atoms with E-state index in [-0.39, 0.29) is 5.91 Å². The smallest absolute Gasteiger partial charge is 0.264 e. The first kappa shape index (κ1) is 14.8. The number of nitrogens with two attached hydrogens (primary N) is 1. The highest BCUT2D eigenvalue weighted by atomic mass is 32.1. The van der Waals surface area contributed by atoms with E-state index in [1.54, 1.807) is 11.4 Å². The number of thiophene rings is 1. The fraction of sp³-hybridized carbons (Fsp3) is 0.294. The van der Waals surface area contributed by atoms with Crippen molar-refractivity contribution in [3.8, 4) is 0 Å². The van der Waals surface area contributed by atoms with Crippen LogP contribution in [0.2, 0.25) is 0 Å². The number of rotatable bonds is 5. The number of amides is 2. The lowest BCUT2D eigenvalue weighted by atomic mass is 10.1. The lowest BCUT2D eigenvalue weighted by Crippen LogP contribution is -2.32. The number of hydrogen-bond donors (Lipinski definition) is 1. The summed E-state index contributed by atoms with van der Waals surface area (Å²) in [5.41, 5.74) is 7.98. The SMILES string of the molecule is Cc1cccc(CN(C(=O)c2cc(C(N)=O)cs2)C2CC2)c1. The Kier molecular flexibility index (Phi) is 3.98. The van der Waals surface area contributed by atoms with E-state index in [2.05, 4.69) is 6.07 Å². The molecule has 0 aliphatic heterocycles. The third-order valence-electron chi connectivity index (χ3n) is 3.78. The molecule has 0 unspecified atom stereocenters. The summed E-state index contributed by atoms with van der Waals surface area (Å²) >= 11 is 1.28. The van der Waals surface area contributed by atoms with Gasteiger partial charge < -0.3 is 10.6 Å². The highest BCUT2D eigenvalue weighted by Gasteiger charge is 2.33. The fourth-order valence-electron chi connectivity index (χ4n) is 2.48. The lowest BCUT2D eigenvalue weighted by Gasteiger charge is -2.22. The van der Waals surface area contributed by atoms with Crippen LogP contribution in [0.1, 0.15) is 44.0 Å². The number of benzene rings is 1. The molecule has 0 atom stereocenters. The Labute approximate surface area is 133 Å². The normalized spacial score (nSPS) is 13.9. The third-order valence-corrected chi connectivity index (χ3v) is 4.70. The number of primary amides is 1. The maximum atomic E-state index is 12.7. The van der Waals surface area contributed by atoms with E-state index in [1.165, 1.54) is 16.9 Å². The second-order valence-electron chi connectivity index (χ2n) is 5.72. The van der Waals surface area contributed by atoms with Gasteiger partial charge in [0.2, 0.25) is 5.91 Å². The van der Waals surface area contributed by atoms with E-state index in [0.29, 0.717) is 23.0 Å². The molecule has 2 N–H and O–H groups in total. The summed E-state index contributed by atoms with van der Waals surface area (Å²) in [6, 6.07) is 10.1. The molecule has 1 saturated carbocycles. The van der Waals surface area contributed by atoms with Gasteiger partial charge in [-0.3, -0.25) is 9.59 Å². The summed E-state index contributed by atoms with van der Waals surface area (Å²) in [5, 5.41) is 1.65. The maximum absolute atomic E-state index is 12.7. The lowest BCUT2D eigenvalue weighted by molar-refractivity contribution is 0.0735. The number of hydrogen-bond acceptors (Lipinski definition) is 3. The van der Waals surface area contributed by atoms with Crippen molar-refractivity contribution < 1.29 is 9.59 Å². The number of nitrogens with zero attached hydrogens (tertiary/aromatic N) is 1. The summed E-state index contributed by atoms with van der Waals surface area (Å²) in [7, 11) is 0. The van der Waals surface area contributed by atoms with E-state index in [9.17, 15) is 9.59 Å². The van der Waals surface area contributed by atoms with Crippen molar-refractivity contribution in [2.45, 2.75) is 32.4 Å². The van der Waals surface area contributed by atoms with Crippen LogP contribution in [0.3, 0.4) is 0 Å². The third kappa shape index (κ3) is 3.20. The summed E-state index contributed by atoms with van der Waals surface area (Å²) in [6.07, 6.45) is 2.09. The van der Waals surface area contributed by atoms with E-state index in [0.717, 1.165) is 18.4 Å². The molecule has 0 spiro atoms. The number of aryl methyl sites for hydroxylation is 1. The number of carbonyl (C=O) groups is 2. The van der Waals surface area contributed by atoms with E-state index in [4.69, 9.17) is 5.73 Å². The molecular formula is C17H18N2O2S. The van der Waals surface area contributed by atoms with Gasteiger partial charge >= 0.3 is 0 Å². The second kappa shape index (κ2) is 5.93. The van der Waals surface area contributed by atoms with Gasteiger partial charge in [0, 0.05) is 18.0 Å². The van der Waals surface area contributed by atoms with Crippen molar-refractivity contribution in [3.05, 3.63) is 57.3 Å². The van der Waals surface area contributed by atoms with Gasteiger partial charge in [0.15, 0.2) is 0 Å². The van der Waals surface area contributed by atoms with Gasteiger partial charge in [-0.15, -0.1) is 11.3 Å². The summed E-state index contributed by atoms with van der Waals surface area (Å²) < 4.78 is 0. The van der Waals surface area contributed by atoms with Crippen molar-refractivity contribution in [1.82, 2.24) is 4.90 Å². The predicted molar refractivity (Wildman–Crippen MR) is 86.9 cm³/mol. The van der Waals surface area contributed by atoms with Gasteiger partial charge in [0.1, 0.15) is 0 Å². The zero-order chi connectivity index (χ0) is 15.7. The molecule has 0 radical (unpaired) electrons. The van der Waals surface area contributed by atoms with Gasteiger partial charge in [0.25, 0.3) is 5.91 Å². The molecule has 114 valence electrons. The Hall–Kier alpha value is -2.14. The van der Waals surface area contributed by atoms with Gasteiger partial charge in [-0.2, -0.15) is 0 Å². The molecule has 0 bridgehead atoms. The van der Waals surface area contributed by atoms with Crippen molar-refractivity contribution in [2.75, 3.05) is 0 Å². The number of carbonyl (C=O) groups excluding carboxylic acids is 2. The van der Waals surface area contributed by atoms with Crippen molar-refractivity contribution in [1.29, 1.82) is 0 Å². The van der Waals surface area contributed by atoms with Crippen LogP contribution in [0.4, 0.5) is 0 Å². The highest BCUT2D eigenvalue weighted by molar-refractivity contribution is 7.12. The van der Waals surface area contributed by atoms with Crippen LogP contribution in [0.25, 0.3) is 0 Å². The molecule has 1 heterocycles. The van der Waals surface area contributed by atoms with Gasteiger partial charge in [-0.1, -0.05) is 29.8 Å². The average Bonchev–Trinajstić information content (AvgIpc) is 3.19. The monoisotopic (exact) mass is 314 g/mol.